The van der Waals surface area contributed by atoms with Crippen LogP contribution in [0.4, 0.5) is 0 Å². The highest BCUT2D eigenvalue weighted by Crippen LogP contribution is 2.21. The van der Waals surface area contributed by atoms with Crippen molar-refractivity contribution >= 4 is 5.97 Å². The minimum Gasteiger partial charge on any atom is -0.465 e. The highest BCUT2D eigenvalue weighted by molar-refractivity contribution is 5.75. The highest BCUT2D eigenvalue weighted by atomic mass is 16.5. The maximum atomic E-state index is 11.9. The van der Waals surface area contributed by atoms with Crippen LogP contribution in [0, 0.1) is 5.41 Å². The molecule has 114 valence electrons. The third-order valence-corrected chi connectivity index (χ3v) is 3.10. The second-order valence-electron chi connectivity index (χ2n) is 6.05. The van der Waals surface area contributed by atoms with Crippen molar-refractivity contribution in [2.24, 2.45) is 5.41 Å². The van der Waals surface area contributed by atoms with Gasteiger partial charge in [-0.3, -0.25) is 4.79 Å². The fourth-order valence-corrected chi connectivity index (χ4v) is 2.03. The van der Waals surface area contributed by atoms with Crippen molar-refractivity contribution in [1.29, 1.82) is 0 Å². The highest BCUT2D eigenvalue weighted by Gasteiger charge is 2.25. The Kier molecular flexibility index (Phi) is 9.02. The first-order valence-corrected chi connectivity index (χ1v) is 7.46. The average Bonchev–Trinajstić information content (AvgIpc) is 2.32. The van der Waals surface area contributed by atoms with Gasteiger partial charge < -0.3 is 15.0 Å². The number of hydrogen-bond acceptors (Lipinski definition) is 4. The number of carbonyl (C=O) groups is 1. The smallest absolute Gasteiger partial charge is 0.323 e. The summed E-state index contributed by atoms with van der Waals surface area (Å²) in [6.07, 6.45) is 0.796. The monoisotopic (exact) mass is 272 g/mol. The zero-order chi connectivity index (χ0) is 14.9. The number of nitrogens with zero attached hydrogens (tertiary/aromatic N) is 1. The maximum Gasteiger partial charge on any atom is 0.323 e. The Balaban J connectivity index is 4.30. The van der Waals surface area contributed by atoms with Crippen LogP contribution < -0.4 is 5.32 Å². The zero-order valence-electron chi connectivity index (χ0n) is 13.6. The molecule has 0 aliphatic carbocycles. The molecule has 0 aromatic heterocycles. The van der Waals surface area contributed by atoms with Gasteiger partial charge >= 0.3 is 5.97 Å². The van der Waals surface area contributed by atoms with Gasteiger partial charge in [0, 0.05) is 13.1 Å². The van der Waals surface area contributed by atoms with Gasteiger partial charge in [-0.15, -0.1) is 0 Å². The number of carbonyl (C=O) groups excluding carboxylic acids is 1. The quantitative estimate of drug-likeness (QED) is 0.654. The molecule has 0 bridgehead atoms. The summed E-state index contributed by atoms with van der Waals surface area (Å²) in [4.78, 5) is 14.3. The third-order valence-electron chi connectivity index (χ3n) is 3.10. The van der Waals surface area contributed by atoms with Crippen LogP contribution in [0.15, 0.2) is 0 Å². The van der Waals surface area contributed by atoms with Gasteiger partial charge in [-0.05, 0) is 31.8 Å². The molecule has 0 aromatic carbocycles. The van der Waals surface area contributed by atoms with E-state index in [0.29, 0.717) is 6.61 Å². The van der Waals surface area contributed by atoms with E-state index < -0.39 is 0 Å². The molecule has 0 aliphatic rings. The predicted octanol–water partition coefficient (Wildman–Crippen LogP) is 2.29. The molecule has 0 rings (SSSR count). The number of nitrogens with one attached hydrogen (secondary N) is 1. The third kappa shape index (κ3) is 9.00. The van der Waals surface area contributed by atoms with Crippen molar-refractivity contribution in [2.45, 2.75) is 54.0 Å². The molecule has 0 saturated carbocycles. The summed E-state index contributed by atoms with van der Waals surface area (Å²) in [5.41, 5.74) is 0.111. The van der Waals surface area contributed by atoms with Crippen LogP contribution in [-0.4, -0.2) is 49.7 Å². The van der Waals surface area contributed by atoms with Crippen LogP contribution in [-0.2, 0) is 9.53 Å². The molecule has 4 heteroatoms. The van der Waals surface area contributed by atoms with Gasteiger partial charge in [0.1, 0.15) is 6.04 Å². The molecule has 0 aromatic rings. The van der Waals surface area contributed by atoms with Gasteiger partial charge in [-0.1, -0.05) is 34.6 Å². The molecule has 0 radical (unpaired) electrons. The van der Waals surface area contributed by atoms with Gasteiger partial charge in [-0.25, -0.2) is 0 Å². The lowest BCUT2D eigenvalue weighted by Crippen LogP contribution is -2.44. The standard InChI is InChI=1S/C15H32N2O2/c1-7-17(8-2)11-10-16-13(12-15(4,5)6)14(18)19-9-3/h13,16H,7-12H2,1-6H3. The van der Waals surface area contributed by atoms with Crippen molar-refractivity contribution in [1.82, 2.24) is 10.2 Å². The first-order chi connectivity index (χ1) is 8.84. The predicted molar refractivity (Wildman–Crippen MR) is 80.3 cm³/mol. The van der Waals surface area contributed by atoms with Gasteiger partial charge in [0.15, 0.2) is 0 Å². The van der Waals surface area contributed by atoms with Crippen molar-refractivity contribution in [2.75, 3.05) is 32.8 Å². The fraction of sp³-hybridized carbons (Fsp3) is 0.933. The molecular weight excluding hydrogens is 240 g/mol. The first kappa shape index (κ1) is 18.4. The lowest BCUT2D eigenvalue weighted by atomic mass is 9.88. The second kappa shape index (κ2) is 9.32. The molecule has 0 saturated heterocycles. The van der Waals surface area contributed by atoms with E-state index in [-0.39, 0.29) is 17.4 Å². The topological polar surface area (TPSA) is 41.6 Å². The summed E-state index contributed by atoms with van der Waals surface area (Å²) in [7, 11) is 0. The van der Waals surface area contributed by atoms with E-state index in [1.165, 1.54) is 0 Å². The van der Waals surface area contributed by atoms with E-state index in [9.17, 15) is 4.79 Å². The summed E-state index contributed by atoms with van der Waals surface area (Å²) in [5, 5.41) is 3.34. The van der Waals surface area contributed by atoms with Crippen LogP contribution in [0.5, 0.6) is 0 Å². The molecule has 0 fully saturated rings. The van der Waals surface area contributed by atoms with Crippen LogP contribution >= 0.6 is 0 Å². The van der Waals surface area contributed by atoms with E-state index in [1.54, 1.807) is 0 Å². The Bertz CT molecular complexity index is 245. The maximum absolute atomic E-state index is 11.9. The lowest BCUT2D eigenvalue weighted by molar-refractivity contribution is -0.146. The molecule has 1 atom stereocenters. The summed E-state index contributed by atoms with van der Waals surface area (Å²) in [6.45, 7) is 16.9. The van der Waals surface area contributed by atoms with Crippen LogP contribution in [0.1, 0.15) is 48.0 Å². The van der Waals surface area contributed by atoms with Crippen molar-refractivity contribution in [3.8, 4) is 0 Å². The summed E-state index contributed by atoms with van der Waals surface area (Å²) < 4.78 is 5.15. The van der Waals surface area contributed by atoms with Crippen LogP contribution in [0.25, 0.3) is 0 Å². The average molecular weight is 272 g/mol. The van der Waals surface area contributed by atoms with E-state index in [4.69, 9.17) is 4.74 Å². The molecule has 0 amide bonds. The number of rotatable bonds is 9. The Morgan fingerprint density at radius 3 is 2.21 bits per heavy atom. The molecular formula is C15H32N2O2. The Hall–Kier alpha value is -0.610. The number of likely N-dealkylation sites (N-methyl/N-ethyl adjacent to an activating group) is 1. The van der Waals surface area contributed by atoms with E-state index in [1.807, 2.05) is 6.92 Å². The van der Waals surface area contributed by atoms with Crippen molar-refractivity contribution < 1.29 is 9.53 Å². The lowest BCUT2D eigenvalue weighted by Gasteiger charge is -2.26. The Morgan fingerprint density at radius 2 is 1.79 bits per heavy atom. The number of esters is 1. The molecule has 4 nitrogen and oxygen atoms in total. The van der Waals surface area contributed by atoms with Crippen LogP contribution in [0.2, 0.25) is 0 Å². The fourth-order valence-electron chi connectivity index (χ4n) is 2.03. The Labute approximate surface area is 118 Å². The Morgan fingerprint density at radius 1 is 1.21 bits per heavy atom. The summed E-state index contributed by atoms with van der Waals surface area (Å²) in [6, 6.07) is -0.199. The number of hydrogen-bond donors (Lipinski definition) is 1. The van der Waals surface area contributed by atoms with Gasteiger partial charge in [0.05, 0.1) is 6.61 Å². The first-order valence-electron chi connectivity index (χ1n) is 7.46. The van der Waals surface area contributed by atoms with Crippen LogP contribution in [0.3, 0.4) is 0 Å². The molecule has 0 spiro atoms. The van der Waals surface area contributed by atoms with Gasteiger partial charge in [-0.2, -0.15) is 0 Å². The summed E-state index contributed by atoms with van der Waals surface area (Å²) in [5.74, 6) is -0.128. The number of ether oxygens (including phenoxy) is 1. The zero-order valence-corrected chi connectivity index (χ0v) is 13.6. The largest absolute Gasteiger partial charge is 0.465 e. The van der Waals surface area contributed by atoms with Gasteiger partial charge in [0.2, 0.25) is 0 Å². The van der Waals surface area contributed by atoms with E-state index in [2.05, 4.69) is 44.8 Å². The molecule has 0 aliphatic heterocycles. The normalized spacial score (nSPS) is 13.6. The minimum atomic E-state index is -0.199. The summed E-state index contributed by atoms with van der Waals surface area (Å²) >= 11 is 0. The van der Waals surface area contributed by atoms with Crippen molar-refractivity contribution in [3.05, 3.63) is 0 Å². The van der Waals surface area contributed by atoms with E-state index >= 15 is 0 Å². The van der Waals surface area contributed by atoms with Gasteiger partial charge in [0.25, 0.3) is 0 Å². The SMILES string of the molecule is CCOC(=O)C(CC(C)(C)C)NCCN(CC)CC. The second-order valence-corrected chi connectivity index (χ2v) is 6.05. The van der Waals surface area contributed by atoms with Crippen molar-refractivity contribution in [3.63, 3.8) is 0 Å². The molecule has 0 heterocycles. The molecule has 1 unspecified atom stereocenters. The molecule has 1 N–H and O–H groups in total. The minimum absolute atomic E-state index is 0.111. The molecule has 19 heavy (non-hydrogen) atoms. The van der Waals surface area contributed by atoms with E-state index in [0.717, 1.165) is 32.6 Å².